The molecule has 4 N–H and O–H groups in total. The molecule has 41 heavy (non-hydrogen) atoms. The molecule has 0 saturated carbocycles. The van der Waals surface area contributed by atoms with Crippen LogP contribution in [0, 0.1) is 5.92 Å². The number of hydrogen-bond donors (Lipinski definition) is 3. The van der Waals surface area contributed by atoms with Gasteiger partial charge in [-0.1, -0.05) is 18.6 Å². The second kappa shape index (κ2) is 11.7. The van der Waals surface area contributed by atoms with Crippen LogP contribution in [0.1, 0.15) is 80.3 Å². The van der Waals surface area contributed by atoms with Crippen molar-refractivity contribution in [3.05, 3.63) is 83.2 Å². The first-order chi connectivity index (χ1) is 19.6. The van der Waals surface area contributed by atoms with E-state index >= 15 is 0 Å². The Morgan fingerprint density at radius 2 is 1.98 bits per heavy atom. The van der Waals surface area contributed by atoms with Crippen LogP contribution in [-0.4, -0.2) is 55.4 Å². The number of aromatic nitrogens is 2. The van der Waals surface area contributed by atoms with Crippen LogP contribution in [-0.2, 0) is 0 Å². The fraction of sp³-hybridized carbons (Fsp3) is 0.419. The van der Waals surface area contributed by atoms with Crippen molar-refractivity contribution in [3.8, 4) is 11.5 Å². The van der Waals surface area contributed by atoms with Crippen LogP contribution >= 0.6 is 0 Å². The second-order valence-electron chi connectivity index (χ2n) is 11.6. The van der Waals surface area contributed by atoms with Crippen molar-refractivity contribution >= 4 is 11.8 Å². The number of hydrogen-bond acceptors (Lipinski definition) is 8. The highest BCUT2D eigenvalue weighted by Crippen LogP contribution is 2.34. The van der Waals surface area contributed by atoms with Crippen LogP contribution < -0.4 is 11.1 Å². The van der Waals surface area contributed by atoms with E-state index in [2.05, 4.69) is 50.4 Å². The first-order valence-corrected chi connectivity index (χ1v) is 14.2. The highest BCUT2D eigenvalue weighted by molar-refractivity contribution is 5.94. The molecule has 1 atom stereocenters. The van der Waals surface area contributed by atoms with Gasteiger partial charge in [0.2, 0.25) is 5.89 Å². The quantitative estimate of drug-likeness (QED) is 0.432. The number of nitrogens with zero attached hydrogens (tertiary/aromatic N) is 4. The molecule has 0 radical (unpaired) electrons. The third kappa shape index (κ3) is 6.77. The lowest BCUT2D eigenvalue weighted by Crippen LogP contribution is -2.37. The summed E-state index contributed by atoms with van der Waals surface area (Å²) in [4.78, 5) is 37.7. The summed E-state index contributed by atoms with van der Waals surface area (Å²) < 4.78 is 5.58. The van der Waals surface area contributed by atoms with Gasteiger partial charge in [-0.25, -0.2) is 4.98 Å². The Labute approximate surface area is 240 Å². The number of carbonyl (C=O) groups excluding carboxylic acids is 2. The van der Waals surface area contributed by atoms with Gasteiger partial charge in [-0.05, 0) is 76.5 Å². The highest BCUT2D eigenvalue weighted by atomic mass is 16.3. The van der Waals surface area contributed by atoms with Gasteiger partial charge in [0.1, 0.15) is 12.0 Å². The number of rotatable bonds is 8. The SMILES string of the molecule is CC1CC=C2C=C(N3CCCCC3)C(NC(=O)c3coc(-c4ccnc(C(N)=O)c4)n3)=CN2C=C1CCC(C)(C)O. The maximum Gasteiger partial charge on any atom is 0.277 e. The molecular formula is C31H38N6O4. The standard InChI is InChI=1S/C31H38N6O4/c1-20-7-8-23-16-27(36-13-5-4-6-14-36)25(18-37(23)17-22(20)9-11-31(2,3)40)34-29(39)26-19-41-30(35-26)21-10-12-33-24(15-21)28(32)38/h8,10,12,15-20,40H,4-7,9,11,13-14H2,1-3H3,(H2,32,38)(H,34,39). The fourth-order valence-corrected chi connectivity index (χ4v) is 5.25. The molecule has 10 nitrogen and oxygen atoms in total. The van der Waals surface area contributed by atoms with E-state index in [9.17, 15) is 14.7 Å². The maximum absolute atomic E-state index is 13.4. The van der Waals surface area contributed by atoms with Crippen LogP contribution in [0.3, 0.4) is 0 Å². The highest BCUT2D eigenvalue weighted by Gasteiger charge is 2.27. The summed E-state index contributed by atoms with van der Waals surface area (Å²) in [5.41, 5.74) is 9.29. The average Bonchev–Trinajstić information content (AvgIpc) is 3.39. The van der Waals surface area contributed by atoms with Gasteiger partial charge in [0, 0.05) is 42.9 Å². The first kappa shape index (κ1) is 28.4. The van der Waals surface area contributed by atoms with Gasteiger partial charge in [0.15, 0.2) is 5.69 Å². The van der Waals surface area contributed by atoms with E-state index in [4.69, 9.17) is 10.2 Å². The van der Waals surface area contributed by atoms with E-state index in [0.717, 1.165) is 50.2 Å². The minimum absolute atomic E-state index is 0.0842. The normalized spacial score (nSPS) is 19.4. The van der Waals surface area contributed by atoms with E-state index in [0.29, 0.717) is 23.6 Å². The molecule has 10 heteroatoms. The number of nitrogens with one attached hydrogen (secondary N) is 1. The number of nitrogens with two attached hydrogens (primary N) is 1. The Hall–Kier alpha value is -4.18. The summed E-state index contributed by atoms with van der Waals surface area (Å²) in [7, 11) is 0. The van der Waals surface area contributed by atoms with Crippen molar-refractivity contribution in [2.24, 2.45) is 11.7 Å². The number of allylic oxidation sites excluding steroid dienone is 3. The number of primary amides is 1. The molecule has 216 valence electrons. The smallest absolute Gasteiger partial charge is 0.277 e. The predicted octanol–water partition coefficient (Wildman–Crippen LogP) is 4.45. The molecule has 0 aliphatic carbocycles. The number of fused-ring (bicyclic) bond motifs is 1. The van der Waals surface area contributed by atoms with Crippen LogP contribution in [0.25, 0.3) is 11.5 Å². The van der Waals surface area contributed by atoms with Gasteiger partial charge in [-0.2, -0.15) is 0 Å². The van der Waals surface area contributed by atoms with E-state index in [1.165, 1.54) is 30.5 Å². The van der Waals surface area contributed by atoms with Crippen molar-refractivity contribution in [1.82, 2.24) is 25.1 Å². The fourth-order valence-electron chi connectivity index (χ4n) is 5.25. The van der Waals surface area contributed by atoms with Crippen molar-refractivity contribution in [2.45, 2.75) is 64.9 Å². The van der Waals surface area contributed by atoms with Crippen molar-refractivity contribution < 1.29 is 19.1 Å². The lowest BCUT2D eigenvalue weighted by Gasteiger charge is -2.36. The number of carbonyl (C=O) groups is 2. The average molecular weight is 559 g/mol. The van der Waals surface area contributed by atoms with Gasteiger partial charge in [0.25, 0.3) is 11.8 Å². The zero-order valence-corrected chi connectivity index (χ0v) is 23.9. The molecule has 1 unspecified atom stereocenters. The minimum atomic E-state index is -0.741. The summed E-state index contributed by atoms with van der Waals surface area (Å²) in [6.07, 6.45) is 17.0. The van der Waals surface area contributed by atoms with Gasteiger partial charge >= 0.3 is 0 Å². The Morgan fingerprint density at radius 1 is 1.20 bits per heavy atom. The molecular weight excluding hydrogens is 520 g/mol. The minimum Gasteiger partial charge on any atom is -0.444 e. The Balaban J connectivity index is 1.42. The maximum atomic E-state index is 13.4. The summed E-state index contributed by atoms with van der Waals surface area (Å²) >= 11 is 0. The van der Waals surface area contributed by atoms with Gasteiger partial charge in [-0.3, -0.25) is 14.6 Å². The summed E-state index contributed by atoms with van der Waals surface area (Å²) in [6.45, 7) is 7.73. The number of amides is 2. The largest absolute Gasteiger partial charge is 0.444 e. The van der Waals surface area contributed by atoms with Gasteiger partial charge in [-0.15, -0.1) is 0 Å². The van der Waals surface area contributed by atoms with E-state index in [1.807, 2.05) is 20.0 Å². The molecule has 3 aliphatic rings. The summed E-state index contributed by atoms with van der Waals surface area (Å²) in [5, 5.41) is 13.4. The predicted molar refractivity (Wildman–Crippen MR) is 155 cm³/mol. The number of likely N-dealkylation sites (tertiary alicyclic amines) is 1. The Bertz CT molecular complexity index is 1440. The molecule has 2 aromatic rings. The Morgan fingerprint density at radius 3 is 2.71 bits per heavy atom. The van der Waals surface area contributed by atoms with E-state index < -0.39 is 17.4 Å². The molecule has 1 saturated heterocycles. The van der Waals surface area contributed by atoms with E-state index in [-0.39, 0.29) is 17.3 Å². The monoisotopic (exact) mass is 558 g/mol. The molecule has 2 amide bonds. The zero-order chi connectivity index (χ0) is 29.1. The van der Waals surface area contributed by atoms with Crippen LogP contribution in [0.2, 0.25) is 0 Å². The lowest BCUT2D eigenvalue weighted by molar-refractivity contribution is 0.0707. The summed E-state index contributed by atoms with van der Waals surface area (Å²) in [5.74, 6) is -0.535. The Kier molecular flexibility index (Phi) is 8.12. The van der Waals surface area contributed by atoms with Crippen molar-refractivity contribution in [1.29, 1.82) is 0 Å². The van der Waals surface area contributed by atoms with Crippen LogP contribution in [0.4, 0.5) is 0 Å². The number of aliphatic hydroxyl groups is 1. The topological polar surface area (TPSA) is 138 Å². The third-order valence-corrected chi connectivity index (χ3v) is 7.71. The van der Waals surface area contributed by atoms with E-state index in [1.54, 1.807) is 6.07 Å². The van der Waals surface area contributed by atoms with Crippen LogP contribution in [0.15, 0.2) is 76.2 Å². The molecule has 0 aromatic carbocycles. The molecule has 1 fully saturated rings. The van der Waals surface area contributed by atoms with Gasteiger partial charge in [0.05, 0.1) is 17.0 Å². The number of piperidine rings is 1. The summed E-state index contributed by atoms with van der Waals surface area (Å²) in [6, 6.07) is 3.11. The third-order valence-electron chi connectivity index (χ3n) is 7.71. The molecule has 0 spiro atoms. The zero-order valence-electron chi connectivity index (χ0n) is 23.9. The van der Waals surface area contributed by atoms with Crippen LogP contribution in [0.5, 0.6) is 0 Å². The van der Waals surface area contributed by atoms with Gasteiger partial charge < -0.3 is 30.4 Å². The second-order valence-corrected chi connectivity index (χ2v) is 11.6. The number of pyridine rings is 1. The first-order valence-electron chi connectivity index (χ1n) is 14.2. The van der Waals surface area contributed by atoms with Crippen molar-refractivity contribution in [2.75, 3.05) is 13.1 Å². The number of oxazole rings is 1. The lowest BCUT2D eigenvalue weighted by atomic mass is 9.91. The van der Waals surface area contributed by atoms with Crippen molar-refractivity contribution in [3.63, 3.8) is 0 Å². The molecule has 2 aromatic heterocycles. The molecule has 5 rings (SSSR count). The molecule has 0 bridgehead atoms. The molecule has 3 aliphatic heterocycles. The molecule has 5 heterocycles.